The van der Waals surface area contributed by atoms with Gasteiger partial charge in [-0.3, -0.25) is 9.63 Å². The van der Waals surface area contributed by atoms with Gasteiger partial charge in [0.1, 0.15) is 5.75 Å². The molecule has 0 unspecified atom stereocenters. The standard InChI is InChI=1S/C11H15NO4/c1-8-4-3-5-9(10(8)13)11(14)12-16-7-6-15-2/h3-5,13H,6-7H2,1-2H3,(H,12,14). The number of carbonyl (C=O) groups excluding carboxylic acids is 1. The van der Waals surface area contributed by atoms with E-state index in [1.165, 1.54) is 13.2 Å². The summed E-state index contributed by atoms with van der Waals surface area (Å²) in [6, 6.07) is 4.94. The average Bonchev–Trinajstić information content (AvgIpc) is 2.28. The Morgan fingerprint density at radius 3 is 2.88 bits per heavy atom. The van der Waals surface area contributed by atoms with E-state index in [0.29, 0.717) is 12.2 Å². The Morgan fingerprint density at radius 1 is 1.44 bits per heavy atom. The lowest BCUT2D eigenvalue weighted by Crippen LogP contribution is -2.25. The molecule has 88 valence electrons. The Labute approximate surface area is 93.9 Å². The molecule has 0 saturated heterocycles. The number of carbonyl (C=O) groups is 1. The van der Waals surface area contributed by atoms with E-state index in [0.717, 1.165) is 0 Å². The van der Waals surface area contributed by atoms with Crippen LogP contribution in [0.2, 0.25) is 0 Å². The number of ether oxygens (including phenoxy) is 1. The molecule has 0 radical (unpaired) electrons. The first-order valence-corrected chi connectivity index (χ1v) is 4.86. The van der Waals surface area contributed by atoms with Crippen LogP contribution in [0.5, 0.6) is 5.75 Å². The highest BCUT2D eigenvalue weighted by Gasteiger charge is 2.11. The maximum atomic E-state index is 11.5. The summed E-state index contributed by atoms with van der Waals surface area (Å²) in [7, 11) is 1.54. The molecule has 0 atom stereocenters. The number of phenols is 1. The van der Waals surface area contributed by atoms with Crippen molar-refractivity contribution in [1.82, 2.24) is 5.48 Å². The molecule has 2 N–H and O–H groups in total. The van der Waals surface area contributed by atoms with E-state index in [1.807, 2.05) is 0 Å². The van der Waals surface area contributed by atoms with E-state index in [4.69, 9.17) is 9.57 Å². The first-order chi connectivity index (χ1) is 7.66. The lowest BCUT2D eigenvalue weighted by atomic mass is 10.1. The van der Waals surface area contributed by atoms with Gasteiger partial charge in [-0.05, 0) is 18.6 Å². The average molecular weight is 225 g/mol. The Balaban J connectivity index is 2.56. The van der Waals surface area contributed by atoms with E-state index in [1.54, 1.807) is 19.1 Å². The number of hydroxylamine groups is 1. The molecule has 1 amide bonds. The molecule has 0 spiro atoms. The maximum absolute atomic E-state index is 11.5. The Morgan fingerprint density at radius 2 is 2.19 bits per heavy atom. The van der Waals surface area contributed by atoms with E-state index in [-0.39, 0.29) is 17.9 Å². The zero-order valence-corrected chi connectivity index (χ0v) is 9.32. The SMILES string of the molecule is COCCONC(=O)c1cccc(C)c1O. The van der Waals surface area contributed by atoms with Crippen LogP contribution in [0.3, 0.4) is 0 Å². The molecule has 5 nitrogen and oxygen atoms in total. The smallest absolute Gasteiger partial charge is 0.278 e. The second-order valence-corrected chi connectivity index (χ2v) is 3.24. The van der Waals surface area contributed by atoms with Crippen LogP contribution < -0.4 is 5.48 Å². The molecular weight excluding hydrogens is 210 g/mol. The van der Waals surface area contributed by atoms with Crippen LogP contribution in [0.4, 0.5) is 0 Å². The first kappa shape index (κ1) is 12.5. The number of amides is 1. The third-order valence-corrected chi connectivity index (χ3v) is 2.04. The fourth-order valence-electron chi connectivity index (χ4n) is 1.14. The highest BCUT2D eigenvalue weighted by atomic mass is 16.7. The summed E-state index contributed by atoms with van der Waals surface area (Å²) < 4.78 is 4.75. The van der Waals surface area contributed by atoms with Gasteiger partial charge in [-0.2, -0.15) is 0 Å². The number of hydrogen-bond acceptors (Lipinski definition) is 4. The van der Waals surface area contributed by atoms with Crippen LogP contribution in [0.1, 0.15) is 15.9 Å². The largest absolute Gasteiger partial charge is 0.507 e. The minimum atomic E-state index is -0.475. The number of aromatic hydroxyl groups is 1. The first-order valence-electron chi connectivity index (χ1n) is 4.86. The van der Waals surface area contributed by atoms with Crippen LogP contribution in [-0.2, 0) is 9.57 Å². The highest BCUT2D eigenvalue weighted by molar-refractivity contribution is 5.96. The van der Waals surface area contributed by atoms with Gasteiger partial charge >= 0.3 is 0 Å². The third kappa shape index (κ3) is 3.22. The zero-order chi connectivity index (χ0) is 12.0. The van der Waals surface area contributed by atoms with E-state index < -0.39 is 5.91 Å². The molecule has 0 aliphatic carbocycles. The number of rotatable bonds is 5. The Bertz CT molecular complexity index is 365. The molecule has 16 heavy (non-hydrogen) atoms. The molecule has 1 rings (SSSR count). The van der Waals surface area contributed by atoms with Crippen molar-refractivity contribution in [2.75, 3.05) is 20.3 Å². The number of methoxy groups -OCH3 is 1. The Hall–Kier alpha value is -1.59. The van der Waals surface area contributed by atoms with Gasteiger partial charge in [-0.1, -0.05) is 12.1 Å². The Kier molecular flexibility index (Phi) is 4.75. The molecule has 0 aromatic heterocycles. The fraction of sp³-hybridized carbons (Fsp3) is 0.364. The minimum absolute atomic E-state index is 0.0321. The number of benzene rings is 1. The van der Waals surface area contributed by atoms with Gasteiger partial charge in [-0.25, -0.2) is 5.48 Å². The highest BCUT2D eigenvalue weighted by Crippen LogP contribution is 2.20. The number of phenolic OH excluding ortho intramolecular Hbond substituents is 1. The van der Waals surface area contributed by atoms with Gasteiger partial charge in [0.2, 0.25) is 0 Å². The molecule has 0 aliphatic heterocycles. The minimum Gasteiger partial charge on any atom is -0.507 e. The molecule has 0 fully saturated rings. The van der Waals surface area contributed by atoms with Crippen LogP contribution in [0.25, 0.3) is 0 Å². The van der Waals surface area contributed by atoms with Crippen molar-refractivity contribution >= 4 is 5.91 Å². The summed E-state index contributed by atoms with van der Waals surface area (Å²) in [5, 5.41) is 9.63. The van der Waals surface area contributed by atoms with Gasteiger partial charge < -0.3 is 9.84 Å². The van der Waals surface area contributed by atoms with Crippen LogP contribution in [-0.4, -0.2) is 31.3 Å². The summed E-state index contributed by atoms with van der Waals surface area (Å²) >= 11 is 0. The van der Waals surface area contributed by atoms with Crippen molar-refractivity contribution in [3.63, 3.8) is 0 Å². The summed E-state index contributed by atoms with van der Waals surface area (Å²) in [4.78, 5) is 16.4. The molecule has 0 aliphatic rings. The predicted octanol–water partition coefficient (Wildman–Crippen LogP) is 1.01. The number of para-hydroxylation sites is 1. The number of nitrogens with one attached hydrogen (secondary N) is 1. The van der Waals surface area contributed by atoms with E-state index >= 15 is 0 Å². The predicted molar refractivity (Wildman–Crippen MR) is 58.1 cm³/mol. The van der Waals surface area contributed by atoms with Gasteiger partial charge in [0.05, 0.1) is 18.8 Å². The van der Waals surface area contributed by atoms with E-state index in [9.17, 15) is 9.90 Å². The molecule has 5 heteroatoms. The van der Waals surface area contributed by atoms with Crippen molar-refractivity contribution in [3.8, 4) is 5.75 Å². The van der Waals surface area contributed by atoms with Crippen molar-refractivity contribution in [2.45, 2.75) is 6.92 Å². The van der Waals surface area contributed by atoms with Crippen molar-refractivity contribution < 1.29 is 19.5 Å². The molecule has 0 heterocycles. The lowest BCUT2D eigenvalue weighted by Gasteiger charge is -2.08. The summed E-state index contributed by atoms with van der Waals surface area (Å²) in [5.74, 6) is -0.507. The number of aryl methyl sites for hydroxylation is 1. The van der Waals surface area contributed by atoms with Crippen LogP contribution in [0, 0.1) is 6.92 Å². The normalized spacial score (nSPS) is 10.1. The number of hydrogen-bond donors (Lipinski definition) is 2. The van der Waals surface area contributed by atoms with Gasteiger partial charge in [0, 0.05) is 7.11 Å². The topological polar surface area (TPSA) is 67.8 Å². The molecule has 1 aromatic carbocycles. The second kappa shape index (κ2) is 6.09. The monoisotopic (exact) mass is 225 g/mol. The summed E-state index contributed by atoms with van der Waals surface area (Å²) in [6.07, 6.45) is 0. The van der Waals surface area contributed by atoms with Crippen LogP contribution >= 0.6 is 0 Å². The molecule has 0 saturated carbocycles. The van der Waals surface area contributed by atoms with Crippen molar-refractivity contribution in [3.05, 3.63) is 29.3 Å². The summed E-state index contributed by atoms with van der Waals surface area (Å²) in [6.45, 7) is 2.37. The quantitative estimate of drug-likeness (QED) is 0.579. The zero-order valence-electron chi connectivity index (χ0n) is 9.32. The van der Waals surface area contributed by atoms with Crippen molar-refractivity contribution in [2.24, 2.45) is 0 Å². The molecular formula is C11H15NO4. The lowest BCUT2D eigenvalue weighted by molar-refractivity contribution is 0.00874. The van der Waals surface area contributed by atoms with Gasteiger partial charge in [-0.15, -0.1) is 0 Å². The second-order valence-electron chi connectivity index (χ2n) is 3.24. The molecule has 1 aromatic rings. The fourth-order valence-corrected chi connectivity index (χ4v) is 1.14. The summed E-state index contributed by atoms with van der Waals surface area (Å²) in [5.41, 5.74) is 3.06. The van der Waals surface area contributed by atoms with Crippen LogP contribution in [0.15, 0.2) is 18.2 Å². The molecule has 0 bridgehead atoms. The van der Waals surface area contributed by atoms with Gasteiger partial charge in [0.25, 0.3) is 5.91 Å². The van der Waals surface area contributed by atoms with E-state index in [2.05, 4.69) is 5.48 Å². The maximum Gasteiger partial charge on any atom is 0.278 e. The van der Waals surface area contributed by atoms with Crippen molar-refractivity contribution in [1.29, 1.82) is 0 Å². The third-order valence-electron chi connectivity index (χ3n) is 2.04. The van der Waals surface area contributed by atoms with Gasteiger partial charge in [0.15, 0.2) is 0 Å².